The lowest BCUT2D eigenvalue weighted by Gasteiger charge is -1.97. The highest BCUT2D eigenvalue weighted by molar-refractivity contribution is 4.94. The van der Waals surface area contributed by atoms with Crippen molar-refractivity contribution in [2.24, 2.45) is 5.73 Å². The molecule has 0 aliphatic carbocycles. The summed E-state index contributed by atoms with van der Waals surface area (Å²) in [4.78, 5) is 0. The Morgan fingerprint density at radius 1 is 1.89 bits per heavy atom. The highest BCUT2D eigenvalue weighted by atomic mass is 16.5. The Labute approximate surface area is 53.8 Å². The third kappa shape index (κ3) is 1.85. The van der Waals surface area contributed by atoms with Crippen molar-refractivity contribution in [3.8, 4) is 0 Å². The smallest absolute Gasteiger partial charge is 0.138 e. The minimum Gasteiger partial charge on any atom is -0.361 e. The summed E-state index contributed by atoms with van der Waals surface area (Å²) in [7, 11) is 0. The molecule has 0 radical (unpaired) electrons. The zero-order valence-electron chi connectivity index (χ0n) is 5.37. The van der Waals surface area contributed by atoms with Crippen LogP contribution in [0.2, 0.25) is 0 Å². The van der Waals surface area contributed by atoms with Crippen LogP contribution in [0.1, 0.15) is 12.7 Å². The first-order chi connectivity index (χ1) is 4.29. The molecule has 3 heteroatoms. The fraction of sp³-hybridized carbons (Fsp3) is 0.500. The molecule has 0 aromatic carbocycles. The van der Waals surface area contributed by atoms with Gasteiger partial charge in [0.05, 0.1) is 6.20 Å². The highest BCUT2D eigenvalue weighted by Gasteiger charge is 1.99. The molecule has 1 aromatic rings. The molecular weight excluding hydrogens is 116 g/mol. The van der Waals surface area contributed by atoms with Crippen molar-refractivity contribution in [1.82, 2.24) is 5.16 Å². The molecule has 1 rings (SSSR count). The van der Waals surface area contributed by atoms with Gasteiger partial charge in [-0.1, -0.05) is 5.16 Å². The second-order valence-corrected chi connectivity index (χ2v) is 2.16. The largest absolute Gasteiger partial charge is 0.361 e. The number of hydrogen-bond acceptors (Lipinski definition) is 3. The van der Waals surface area contributed by atoms with E-state index in [2.05, 4.69) is 5.16 Å². The molecule has 0 spiro atoms. The summed E-state index contributed by atoms with van der Waals surface area (Å²) < 4.78 is 4.81. The first kappa shape index (κ1) is 6.29. The predicted molar refractivity (Wildman–Crippen MR) is 33.9 cm³/mol. The molecule has 1 atom stereocenters. The van der Waals surface area contributed by atoms with Gasteiger partial charge >= 0.3 is 0 Å². The Hall–Kier alpha value is -0.830. The molecular formula is C6H10N2O. The van der Waals surface area contributed by atoms with E-state index in [4.69, 9.17) is 10.3 Å². The van der Waals surface area contributed by atoms with Crippen molar-refractivity contribution >= 4 is 0 Å². The molecule has 50 valence electrons. The summed E-state index contributed by atoms with van der Waals surface area (Å²) in [5.74, 6) is 0.852. The zero-order valence-corrected chi connectivity index (χ0v) is 5.37. The van der Waals surface area contributed by atoms with Gasteiger partial charge in [0.15, 0.2) is 0 Å². The number of aromatic nitrogens is 1. The van der Waals surface area contributed by atoms with Gasteiger partial charge in [0.1, 0.15) is 5.76 Å². The molecule has 9 heavy (non-hydrogen) atoms. The zero-order chi connectivity index (χ0) is 6.69. The van der Waals surface area contributed by atoms with E-state index in [1.807, 2.05) is 13.0 Å². The maximum atomic E-state index is 5.50. The summed E-state index contributed by atoms with van der Waals surface area (Å²) >= 11 is 0. The molecule has 1 heterocycles. The summed E-state index contributed by atoms with van der Waals surface area (Å²) in [6.07, 6.45) is 2.39. The monoisotopic (exact) mass is 126 g/mol. The normalized spacial score (nSPS) is 13.6. The van der Waals surface area contributed by atoms with E-state index in [1.54, 1.807) is 6.20 Å². The van der Waals surface area contributed by atoms with Crippen LogP contribution in [0.5, 0.6) is 0 Å². The van der Waals surface area contributed by atoms with Gasteiger partial charge in [0.25, 0.3) is 0 Å². The predicted octanol–water partition coefficient (Wildman–Crippen LogP) is 0.564. The van der Waals surface area contributed by atoms with E-state index in [1.165, 1.54) is 0 Å². The van der Waals surface area contributed by atoms with Crippen LogP contribution >= 0.6 is 0 Å². The van der Waals surface area contributed by atoms with Crippen LogP contribution in [0.25, 0.3) is 0 Å². The summed E-state index contributed by atoms with van der Waals surface area (Å²) in [5, 5.41) is 3.54. The lowest BCUT2D eigenvalue weighted by molar-refractivity contribution is 0.377. The van der Waals surface area contributed by atoms with Crippen molar-refractivity contribution in [2.75, 3.05) is 0 Å². The second-order valence-electron chi connectivity index (χ2n) is 2.16. The Balaban J connectivity index is 2.48. The van der Waals surface area contributed by atoms with Gasteiger partial charge < -0.3 is 10.3 Å². The van der Waals surface area contributed by atoms with E-state index in [0.29, 0.717) is 0 Å². The SMILES string of the molecule is C[C@H](N)Cc1ccno1. The molecule has 0 unspecified atom stereocenters. The van der Waals surface area contributed by atoms with E-state index < -0.39 is 0 Å². The van der Waals surface area contributed by atoms with Crippen LogP contribution in [-0.4, -0.2) is 11.2 Å². The standard InChI is InChI=1S/C6H10N2O/c1-5(7)4-6-2-3-8-9-6/h2-3,5H,4,7H2,1H3/t5-/m0/s1. The first-order valence-corrected chi connectivity index (χ1v) is 2.94. The van der Waals surface area contributed by atoms with Crippen LogP contribution in [-0.2, 0) is 6.42 Å². The van der Waals surface area contributed by atoms with E-state index in [-0.39, 0.29) is 6.04 Å². The van der Waals surface area contributed by atoms with E-state index >= 15 is 0 Å². The maximum absolute atomic E-state index is 5.50. The molecule has 0 bridgehead atoms. The Bertz CT molecular complexity index is 158. The quantitative estimate of drug-likeness (QED) is 0.630. The van der Waals surface area contributed by atoms with Crippen molar-refractivity contribution in [1.29, 1.82) is 0 Å². The van der Waals surface area contributed by atoms with Gasteiger partial charge in [0.2, 0.25) is 0 Å². The van der Waals surface area contributed by atoms with Crippen LogP contribution in [0.15, 0.2) is 16.8 Å². The average molecular weight is 126 g/mol. The summed E-state index contributed by atoms with van der Waals surface area (Å²) in [6, 6.07) is 1.97. The topological polar surface area (TPSA) is 52.0 Å². The van der Waals surface area contributed by atoms with Gasteiger partial charge in [0, 0.05) is 18.5 Å². The van der Waals surface area contributed by atoms with Crippen LogP contribution in [0, 0.1) is 0 Å². The first-order valence-electron chi connectivity index (χ1n) is 2.94. The molecule has 3 nitrogen and oxygen atoms in total. The molecule has 0 saturated carbocycles. The number of rotatable bonds is 2. The molecule has 0 saturated heterocycles. The Morgan fingerprint density at radius 3 is 3.11 bits per heavy atom. The molecule has 0 aliphatic heterocycles. The van der Waals surface area contributed by atoms with Gasteiger partial charge in [-0.3, -0.25) is 0 Å². The Kier molecular flexibility index (Phi) is 1.85. The molecule has 2 N–H and O–H groups in total. The lowest BCUT2D eigenvalue weighted by atomic mass is 10.2. The molecule has 0 fully saturated rings. The van der Waals surface area contributed by atoms with Crippen molar-refractivity contribution in [3.05, 3.63) is 18.0 Å². The van der Waals surface area contributed by atoms with Gasteiger partial charge in [-0.25, -0.2) is 0 Å². The van der Waals surface area contributed by atoms with Crippen molar-refractivity contribution < 1.29 is 4.52 Å². The van der Waals surface area contributed by atoms with Crippen molar-refractivity contribution in [2.45, 2.75) is 19.4 Å². The summed E-state index contributed by atoms with van der Waals surface area (Å²) in [6.45, 7) is 1.93. The molecule has 1 aromatic heterocycles. The lowest BCUT2D eigenvalue weighted by Crippen LogP contribution is -2.17. The number of nitrogens with zero attached hydrogens (tertiary/aromatic N) is 1. The van der Waals surface area contributed by atoms with Gasteiger partial charge in [-0.2, -0.15) is 0 Å². The Morgan fingerprint density at radius 2 is 2.67 bits per heavy atom. The minimum absolute atomic E-state index is 0.151. The maximum Gasteiger partial charge on any atom is 0.138 e. The fourth-order valence-corrected chi connectivity index (χ4v) is 0.665. The van der Waals surface area contributed by atoms with Crippen LogP contribution in [0.3, 0.4) is 0 Å². The second kappa shape index (κ2) is 2.64. The van der Waals surface area contributed by atoms with Gasteiger partial charge in [-0.05, 0) is 6.92 Å². The third-order valence-corrected chi connectivity index (χ3v) is 1.01. The minimum atomic E-state index is 0.151. The number of nitrogens with two attached hydrogens (primary N) is 1. The van der Waals surface area contributed by atoms with Gasteiger partial charge in [-0.15, -0.1) is 0 Å². The average Bonchev–Trinajstić information content (AvgIpc) is 2.15. The number of hydrogen-bond donors (Lipinski definition) is 1. The molecule has 0 aliphatic rings. The van der Waals surface area contributed by atoms with Crippen molar-refractivity contribution in [3.63, 3.8) is 0 Å². The highest BCUT2D eigenvalue weighted by Crippen LogP contribution is 1.98. The van der Waals surface area contributed by atoms with Crippen LogP contribution in [0.4, 0.5) is 0 Å². The van der Waals surface area contributed by atoms with Crippen LogP contribution < -0.4 is 5.73 Å². The molecule has 0 amide bonds. The van der Waals surface area contributed by atoms with E-state index in [0.717, 1.165) is 12.2 Å². The summed E-state index contributed by atoms with van der Waals surface area (Å²) in [5.41, 5.74) is 5.50. The van der Waals surface area contributed by atoms with E-state index in [9.17, 15) is 0 Å². The third-order valence-electron chi connectivity index (χ3n) is 1.01. The fourth-order valence-electron chi connectivity index (χ4n) is 0.665.